The van der Waals surface area contributed by atoms with Crippen LogP contribution in [0.15, 0.2) is 41.0 Å². The molecule has 1 aliphatic rings. The Morgan fingerprint density at radius 3 is 2.09 bits per heavy atom. The predicted octanol–water partition coefficient (Wildman–Crippen LogP) is 5.89. The largest absolute Gasteiger partial charge is 0.507 e. The third-order valence-corrected chi connectivity index (χ3v) is 5.38. The number of carbonyl (C=O) groups excluding carboxylic acids is 1. The van der Waals surface area contributed by atoms with Gasteiger partial charge in [0.05, 0.1) is 15.5 Å². The molecule has 0 radical (unpaired) electrons. The normalized spacial score (nSPS) is 15.7. The maximum Gasteiger partial charge on any atom is 0.363 e. The zero-order valence-corrected chi connectivity index (χ0v) is 19.6. The summed E-state index contributed by atoms with van der Waals surface area (Å²) in [5.41, 5.74) is 1.74. The van der Waals surface area contributed by atoms with Crippen LogP contribution < -0.4 is 0 Å². The van der Waals surface area contributed by atoms with Crippen LogP contribution in [-0.2, 0) is 20.4 Å². The van der Waals surface area contributed by atoms with Crippen LogP contribution in [0.25, 0.3) is 6.08 Å². The maximum atomic E-state index is 12.5. The maximum absolute atomic E-state index is 12.5. The van der Waals surface area contributed by atoms with Crippen molar-refractivity contribution in [3.63, 3.8) is 0 Å². The second-order valence-electron chi connectivity index (χ2n) is 9.72. The second-order valence-corrected chi connectivity index (χ2v) is 10.1. The summed E-state index contributed by atoms with van der Waals surface area (Å²) in [6.07, 6.45) is 1.60. The Morgan fingerprint density at radius 1 is 1.06 bits per heavy atom. The van der Waals surface area contributed by atoms with Gasteiger partial charge in [-0.2, -0.15) is 0 Å². The van der Waals surface area contributed by atoms with Gasteiger partial charge in [0.2, 0.25) is 5.90 Å². The van der Waals surface area contributed by atoms with Gasteiger partial charge in [0.25, 0.3) is 5.69 Å². The third kappa shape index (κ3) is 4.67. The summed E-state index contributed by atoms with van der Waals surface area (Å²) in [6, 6.07) is 7.50. The number of phenols is 1. The molecule has 1 aliphatic heterocycles. The van der Waals surface area contributed by atoms with Gasteiger partial charge in [0.1, 0.15) is 5.75 Å². The Hall–Kier alpha value is -3.19. The van der Waals surface area contributed by atoms with E-state index in [0.717, 1.165) is 11.1 Å². The van der Waals surface area contributed by atoms with E-state index in [4.69, 9.17) is 16.3 Å². The number of benzene rings is 2. The van der Waals surface area contributed by atoms with E-state index >= 15 is 0 Å². The van der Waals surface area contributed by atoms with Gasteiger partial charge in [-0.05, 0) is 40.7 Å². The Kier molecular flexibility index (Phi) is 5.91. The summed E-state index contributed by atoms with van der Waals surface area (Å²) < 4.78 is 5.27. The number of rotatable bonds is 3. The van der Waals surface area contributed by atoms with Crippen molar-refractivity contribution in [3.05, 3.63) is 73.4 Å². The topological polar surface area (TPSA) is 102 Å². The Bertz CT molecular complexity index is 1150. The van der Waals surface area contributed by atoms with Crippen LogP contribution in [0.5, 0.6) is 5.75 Å². The number of hydrogen-bond donors (Lipinski definition) is 1. The molecule has 168 valence electrons. The molecule has 0 atom stereocenters. The molecule has 2 aromatic carbocycles. The Balaban J connectivity index is 2.09. The van der Waals surface area contributed by atoms with Crippen molar-refractivity contribution in [1.82, 2.24) is 0 Å². The van der Waals surface area contributed by atoms with Crippen molar-refractivity contribution < 1.29 is 19.6 Å². The fraction of sp³-hybridized carbons (Fsp3) is 0.333. The molecule has 0 bridgehead atoms. The highest BCUT2D eigenvalue weighted by Gasteiger charge is 2.29. The first-order valence-electron chi connectivity index (χ1n) is 10.0. The fourth-order valence-electron chi connectivity index (χ4n) is 3.36. The monoisotopic (exact) mass is 456 g/mol. The van der Waals surface area contributed by atoms with E-state index in [-0.39, 0.29) is 44.4 Å². The van der Waals surface area contributed by atoms with Crippen LogP contribution in [-0.4, -0.2) is 21.9 Å². The van der Waals surface area contributed by atoms with Crippen molar-refractivity contribution in [2.45, 2.75) is 52.4 Å². The number of cyclic esters (lactones) is 1. The number of aromatic hydroxyl groups is 1. The van der Waals surface area contributed by atoms with Crippen molar-refractivity contribution in [2.75, 3.05) is 0 Å². The molecule has 0 spiro atoms. The van der Waals surface area contributed by atoms with Crippen molar-refractivity contribution in [3.8, 4) is 5.75 Å². The molecule has 1 N–H and O–H groups in total. The molecule has 0 saturated heterocycles. The van der Waals surface area contributed by atoms with E-state index < -0.39 is 10.9 Å². The number of halogens is 1. The number of esters is 1. The van der Waals surface area contributed by atoms with Crippen LogP contribution in [0, 0.1) is 10.1 Å². The molecule has 0 saturated carbocycles. The van der Waals surface area contributed by atoms with E-state index in [1.54, 1.807) is 6.08 Å². The number of nitro benzene ring substituents is 1. The zero-order chi connectivity index (χ0) is 24.0. The molecule has 7 nitrogen and oxygen atoms in total. The number of phenolic OH excluding ortho intramolecular Hbond substituents is 1. The third-order valence-electron chi connectivity index (χ3n) is 5.07. The predicted molar refractivity (Wildman–Crippen MR) is 124 cm³/mol. The van der Waals surface area contributed by atoms with Gasteiger partial charge in [0.15, 0.2) is 5.70 Å². The minimum atomic E-state index is -0.655. The SMILES string of the molecule is CC(C)(C)c1cc(/C=C2\N=C(c3ccc([N+](=O)[O-])cc3Cl)OC2=O)cc(C(C)(C)C)c1O. The smallest absolute Gasteiger partial charge is 0.363 e. The van der Waals surface area contributed by atoms with Gasteiger partial charge in [0, 0.05) is 23.3 Å². The molecule has 1 heterocycles. The molecular weight excluding hydrogens is 432 g/mol. The quantitative estimate of drug-likeness (QED) is 0.268. The molecule has 3 rings (SSSR count). The summed E-state index contributed by atoms with van der Waals surface area (Å²) in [5.74, 6) is -0.438. The minimum Gasteiger partial charge on any atom is -0.507 e. The number of aliphatic imine (C=N–C) groups is 1. The molecule has 0 amide bonds. The van der Waals surface area contributed by atoms with Crippen LogP contribution >= 0.6 is 11.6 Å². The summed E-state index contributed by atoms with van der Waals surface area (Å²) in [5, 5.41) is 21.9. The summed E-state index contributed by atoms with van der Waals surface area (Å²) in [7, 11) is 0. The van der Waals surface area contributed by atoms with E-state index in [9.17, 15) is 20.0 Å². The molecule has 0 aromatic heterocycles. The zero-order valence-electron chi connectivity index (χ0n) is 18.8. The highest BCUT2D eigenvalue weighted by Crippen LogP contribution is 2.40. The number of nitrogens with zero attached hydrogens (tertiary/aromatic N) is 2. The van der Waals surface area contributed by atoms with Gasteiger partial charge >= 0.3 is 5.97 Å². The van der Waals surface area contributed by atoms with Crippen LogP contribution in [0.3, 0.4) is 0 Å². The van der Waals surface area contributed by atoms with Crippen molar-refractivity contribution >= 4 is 35.2 Å². The minimum absolute atomic E-state index is 0.0213. The summed E-state index contributed by atoms with van der Waals surface area (Å²) in [6.45, 7) is 12.0. The first-order valence-corrected chi connectivity index (χ1v) is 10.4. The molecule has 32 heavy (non-hydrogen) atoms. The molecule has 0 fully saturated rings. The molecule has 0 unspecified atom stereocenters. The van der Waals surface area contributed by atoms with Gasteiger partial charge in [-0.1, -0.05) is 53.1 Å². The van der Waals surface area contributed by atoms with Crippen molar-refractivity contribution in [1.29, 1.82) is 0 Å². The van der Waals surface area contributed by atoms with E-state index in [1.807, 2.05) is 53.7 Å². The lowest BCUT2D eigenvalue weighted by molar-refractivity contribution is -0.384. The number of carbonyl (C=O) groups is 1. The van der Waals surface area contributed by atoms with E-state index in [0.29, 0.717) is 5.56 Å². The lowest BCUT2D eigenvalue weighted by Gasteiger charge is -2.27. The van der Waals surface area contributed by atoms with Gasteiger partial charge in [-0.3, -0.25) is 10.1 Å². The van der Waals surface area contributed by atoms with E-state index in [1.165, 1.54) is 18.2 Å². The van der Waals surface area contributed by atoms with Gasteiger partial charge in [-0.25, -0.2) is 9.79 Å². The average Bonchev–Trinajstić information content (AvgIpc) is 3.01. The van der Waals surface area contributed by atoms with Crippen LogP contribution in [0.1, 0.15) is 63.8 Å². The second kappa shape index (κ2) is 8.06. The molecule has 2 aromatic rings. The molecule has 8 heteroatoms. The van der Waals surface area contributed by atoms with Gasteiger partial charge < -0.3 is 9.84 Å². The van der Waals surface area contributed by atoms with E-state index in [2.05, 4.69) is 4.99 Å². The average molecular weight is 457 g/mol. The van der Waals surface area contributed by atoms with Crippen LogP contribution in [0.2, 0.25) is 5.02 Å². The first-order chi connectivity index (χ1) is 14.7. The summed E-state index contributed by atoms with van der Waals surface area (Å²) in [4.78, 5) is 27.1. The molecule has 0 aliphatic carbocycles. The lowest BCUT2D eigenvalue weighted by Crippen LogP contribution is -2.17. The van der Waals surface area contributed by atoms with Gasteiger partial charge in [-0.15, -0.1) is 0 Å². The summed E-state index contributed by atoms with van der Waals surface area (Å²) >= 11 is 6.14. The number of non-ortho nitro benzene ring substituents is 1. The molecular formula is C24H25ClN2O5. The van der Waals surface area contributed by atoms with Crippen LogP contribution in [0.4, 0.5) is 5.69 Å². The number of ether oxygens (including phenoxy) is 1. The standard InChI is InChI=1S/C24H25ClN2O5/c1-23(2,3)16-9-13(10-17(20(16)28)24(4,5)6)11-19-22(29)32-21(26-19)15-8-7-14(27(30)31)12-18(15)25/h7-12,28H,1-6H3/b19-11-. The Labute approximate surface area is 191 Å². The first kappa shape index (κ1) is 23.5. The number of hydrogen-bond acceptors (Lipinski definition) is 6. The lowest BCUT2D eigenvalue weighted by atomic mass is 9.78. The highest BCUT2D eigenvalue weighted by molar-refractivity contribution is 6.34. The Morgan fingerprint density at radius 2 is 1.62 bits per heavy atom. The van der Waals surface area contributed by atoms with Crippen molar-refractivity contribution in [2.24, 2.45) is 4.99 Å². The highest BCUT2D eigenvalue weighted by atomic mass is 35.5. The number of nitro groups is 1. The fourth-order valence-corrected chi connectivity index (χ4v) is 3.61.